The van der Waals surface area contributed by atoms with Gasteiger partial charge in [0.1, 0.15) is 0 Å². The molecule has 0 N–H and O–H groups in total. The van der Waals surface area contributed by atoms with Gasteiger partial charge < -0.3 is 9.30 Å². The number of nitrogens with zero attached hydrogens (tertiary/aromatic N) is 2. The molecule has 0 aliphatic rings. The van der Waals surface area contributed by atoms with Gasteiger partial charge in [-0.3, -0.25) is 4.79 Å². The van der Waals surface area contributed by atoms with Crippen molar-refractivity contribution in [2.75, 3.05) is 19.5 Å². The maximum Gasteiger partial charge on any atom is 0.279 e. The minimum absolute atomic E-state index is 0.250. The standard InChI is InChI=1S/C19H19ClN2O2S2/c1-3-24-11-10-22-16-9-6-14(20)12-17(16)26-19(22)21-18(23)13-4-7-15(25-2)8-5-13/h4-9,12H,3,10-11H2,1-2H3. The molecular weight excluding hydrogens is 388 g/mol. The summed E-state index contributed by atoms with van der Waals surface area (Å²) >= 11 is 9.21. The van der Waals surface area contributed by atoms with E-state index in [1.807, 2.05) is 60.2 Å². The maximum atomic E-state index is 12.6. The smallest absolute Gasteiger partial charge is 0.279 e. The third-order valence-corrected chi connectivity index (χ3v) is 5.86. The molecule has 0 unspecified atom stereocenters. The molecule has 0 fully saturated rings. The highest BCUT2D eigenvalue weighted by molar-refractivity contribution is 7.98. The molecule has 1 aromatic heterocycles. The van der Waals surface area contributed by atoms with Crippen LogP contribution in [0.1, 0.15) is 17.3 Å². The number of aromatic nitrogens is 1. The molecule has 1 amide bonds. The molecule has 0 aliphatic carbocycles. The van der Waals surface area contributed by atoms with Crippen molar-refractivity contribution < 1.29 is 9.53 Å². The van der Waals surface area contributed by atoms with Gasteiger partial charge in [-0.15, -0.1) is 11.8 Å². The SMILES string of the molecule is CCOCCn1c(=NC(=O)c2ccc(SC)cc2)sc2cc(Cl)ccc21. The van der Waals surface area contributed by atoms with Crippen LogP contribution in [-0.2, 0) is 11.3 Å². The number of ether oxygens (including phenoxy) is 1. The van der Waals surface area contributed by atoms with Gasteiger partial charge in [0, 0.05) is 28.6 Å². The molecule has 0 radical (unpaired) electrons. The number of carbonyl (C=O) groups is 1. The fraction of sp³-hybridized carbons (Fsp3) is 0.263. The predicted octanol–water partition coefficient (Wildman–Crippen LogP) is 4.86. The summed E-state index contributed by atoms with van der Waals surface area (Å²) in [6.07, 6.45) is 2.00. The molecule has 2 aromatic carbocycles. The van der Waals surface area contributed by atoms with Gasteiger partial charge >= 0.3 is 0 Å². The maximum absolute atomic E-state index is 12.6. The van der Waals surface area contributed by atoms with Crippen LogP contribution in [0.3, 0.4) is 0 Å². The van der Waals surface area contributed by atoms with E-state index in [2.05, 4.69) is 4.99 Å². The van der Waals surface area contributed by atoms with E-state index in [-0.39, 0.29) is 5.91 Å². The first-order valence-electron chi connectivity index (χ1n) is 8.22. The number of hydrogen-bond donors (Lipinski definition) is 0. The fourth-order valence-corrected chi connectivity index (χ4v) is 4.27. The van der Waals surface area contributed by atoms with Gasteiger partial charge in [-0.25, -0.2) is 0 Å². The van der Waals surface area contributed by atoms with Crippen molar-refractivity contribution in [3.05, 3.63) is 57.9 Å². The van der Waals surface area contributed by atoms with Crippen LogP contribution in [0.25, 0.3) is 10.2 Å². The number of carbonyl (C=O) groups excluding carboxylic acids is 1. The van der Waals surface area contributed by atoms with Crippen molar-refractivity contribution in [1.29, 1.82) is 0 Å². The predicted molar refractivity (Wildman–Crippen MR) is 109 cm³/mol. The summed E-state index contributed by atoms with van der Waals surface area (Å²) in [6.45, 7) is 3.81. The zero-order valence-electron chi connectivity index (χ0n) is 14.6. The number of hydrogen-bond acceptors (Lipinski definition) is 4. The first-order valence-corrected chi connectivity index (χ1v) is 10.6. The summed E-state index contributed by atoms with van der Waals surface area (Å²) in [5, 5.41) is 0.668. The average Bonchev–Trinajstić information content (AvgIpc) is 2.98. The molecule has 0 spiro atoms. The molecule has 3 rings (SSSR count). The largest absolute Gasteiger partial charge is 0.380 e. The normalized spacial score (nSPS) is 12.0. The second-order valence-electron chi connectivity index (χ2n) is 5.49. The molecule has 136 valence electrons. The Labute approximate surface area is 165 Å². The lowest BCUT2D eigenvalue weighted by atomic mass is 10.2. The third-order valence-electron chi connectivity index (χ3n) is 3.84. The van der Waals surface area contributed by atoms with Crippen LogP contribution in [0.2, 0.25) is 5.02 Å². The Morgan fingerprint density at radius 2 is 2.04 bits per heavy atom. The number of halogens is 1. The van der Waals surface area contributed by atoms with Gasteiger partial charge in [0.15, 0.2) is 4.80 Å². The lowest BCUT2D eigenvalue weighted by Crippen LogP contribution is -2.19. The van der Waals surface area contributed by atoms with E-state index in [1.165, 1.54) is 11.3 Å². The highest BCUT2D eigenvalue weighted by Gasteiger charge is 2.10. The minimum atomic E-state index is -0.250. The molecule has 26 heavy (non-hydrogen) atoms. The van der Waals surface area contributed by atoms with Gasteiger partial charge in [0.25, 0.3) is 5.91 Å². The minimum Gasteiger partial charge on any atom is -0.380 e. The number of thiazole rings is 1. The number of fused-ring (bicyclic) bond motifs is 1. The van der Waals surface area contributed by atoms with Crippen LogP contribution in [0, 0.1) is 0 Å². The Kier molecular flexibility index (Phi) is 6.53. The first kappa shape index (κ1) is 19.2. The van der Waals surface area contributed by atoms with E-state index < -0.39 is 0 Å². The topological polar surface area (TPSA) is 43.6 Å². The van der Waals surface area contributed by atoms with Crippen molar-refractivity contribution in [2.24, 2.45) is 4.99 Å². The monoisotopic (exact) mass is 406 g/mol. The summed E-state index contributed by atoms with van der Waals surface area (Å²) in [6, 6.07) is 13.2. The molecule has 7 heteroatoms. The molecule has 3 aromatic rings. The van der Waals surface area contributed by atoms with Crippen molar-refractivity contribution in [3.8, 4) is 0 Å². The quantitative estimate of drug-likeness (QED) is 0.434. The van der Waals surface area contributed by atoms with Crippen LogP contribution >= 0.6 is 34.7 Å². The van der Waals surface area contributed by atoms with E-state index >= 15 is 0 Å². The van der Waals surface area contributed by atoms with E-state index in [0.717, 1.165) is 15.1 Å². The van der Waals surface area contributed by atoms with Crippen LogP contribution in [0.4, 0.5) is 0 Å². The Morgan fingerprint density at radius 3 is 2.73 bits per heavy atom. The molecule has 0 aliphatic heterocycles. The van der Waals surface area contributed by atoms with Crippen molar-refractivity contribution in [2.45, 2.75) is 18.4 Å². The van der Waals surface area contributed by atoms with Crippen LogP contribution in [0.15, 0.2) is 52.4 Å². The van der Waals surface area contributed by atoms with Crippen LogP contribution in [0.5, 0.6) is 0 Å². The van der Waals surface area contributed by atoms with Gasteiger partial charge in [-0.05, 0) is 55.6 Å². The summed E-state index contributed by atoms with van der Waals surface area (Å²) in [5.74, 6) is -0.250. The summed E-state index contributed by atoms with van der Waals surface area (Å²) in [7, 11) is 0. The van der Waals surface area contributed by atoms with E-state index in [0.29, 0.717) is 35.1 Å². The van der Waals surface area contributed by atoms with Gasteiger partial charge in [-0.2, -0.15) is 4.99 Å². The second-order valence-corrected chi connectivity index (χ2v) is 7.82. The van der Waals surface area contributed by atoms with E-state index in [1.54, 1.807) is 11.8 Å². The highest BCUT2D eigenvalue weighted by Crippen LogP contribution is 2.22. The molecular formula is C19H19ClN2O2S2. The lowest BCUT2D eigenvalue weighted by molar-refractivity contribution is 0.0996. The van der Waals surface area contributed by atoms with E-state index in [4.69, 9.17) is 16.3 Å². The van der Waals surface area contributed by atoms with Gasteiger partial charge in [-0.1, -0.05) is 22.9 Å². The third kappa shape index (κ3) is 4.38. The van der Waals surface area contributed by atoms with Crippen molar-refractivity contribution in [1.82, 2.24) is 4.57 Å². The molecule has 0 saturated heterocycles. The number of benzene rings is 2. The Morgan fingerprint density at radius 1 is 1.27 bits per heavy atom. The first-order chi connectivity index (χ1) is 12.6. The Bertz CT molecular complexity index is 977. The van der Waals surface area contributed by atoms with E-state index in [9.17, 15) is 4.79 Å². The summed E-state index contributed by atoms with van der Waals surface area (Å²) in [4.78, 5) is 18.7. The molecule has 4 nitrogen and oxygen atoms in total. The zero-order chi connectivity index (χ0) is 18.5. The average molecular weight is 407 g/mol. The second kappa shape index (κ2) is 8.86. The Hall–Kier alpha value is -1.60. The molecule has 0 bridgehead atoms. The summed E-state index contributed by atoms with van der Waals surface area (Å²) < 4.78 is 8.49. The Balaban J connectivity index is 2.01. The van der Waals surface area contributed by atoms with Crippen LogP contribution < -0.4 is 4.80 Å². The number of amides is 1. The number of rotatable bonds is 6. The van der Waals surface area contributed by atoms with Crippen LogP contribution in [-0.4, -0.2) is 29.9 Å². The molecule has 0 saturated carbocycles. The van der Waals surface area contributed by atoms with Crippen molar-refractivity contribution in [3.63, 3.8) is 0 Å². The number of thioether (sulfide) groups is 1. The van der Waals surface area contributed by atoms with Gasteiger partial charge in [0.05, 0.1) is 16.8 Å². The molecule has 0 atom stereocenters. The molecule has 1 heterocycles. The lowest BCUT2D eigenvalue weighted by Gasteiger charge is -2.05. The fourth-order valence-electron chi connectivity index (χ4n) is 2.53. The zero-order valence-corrected chi connectivity index (χ0v) is 17.0. The van der Waals surface area contributed by atoms with Crippen molar-refractivity contribution >= 4 is 50.8 Å². The highest BCUT2D eigenvalue weighted by atomic mass is 35.5. The van der Waals surface area contributed by atoms with Gasteiger partial charge in [0.2, 0.25) is 0 Å². The summed E-state index contributed by atoms with van der Waals surface area (Å²) in [5.41, 5.74) is 1.58.